The van der Waals surface area contributed by atoms with Crippen molar-refractivity contribution < 1.29 is 4.79 Å². The van der Waals surface area contributed by atoms with Crippen LogP contribution in [0, 0.1) is 5.92 Å². The van der Waals surface area contributed by atoms with Gasteiger partial charge in [-0.25, -0.2) is 4.98 Å². The van der Waals surface area contributed by atoms with Crippen LogP contribution in [-0.4, -0.2) is 40.4 Å². The van der Waals surface area contributed by atoms with Gasteiger partial charge in [-0.05, 0) is 43.0 Å². The molecule has 0 unspecified atom stereocenters. The van der Waals surface area contributed by atoms with Gasteiger partial charge in [0.15, 0.2) is 0 Å². The van der Waals surface area contributed by atoms with Gasteiger partial charge < -0.3 is 15.2 Å². The van der Waals surface area contributed by atoms with Crippen LogP contribution in [0.2, 0.25) is 0 Å². The van der Waals surface area contributed by atoms with E-state index in [0.29, 0.717) is 5.92 Å². The first-order chi connectivity index (χ1) is 12.3. The minimum atomic E-state index is 0.143. The predicted molar refractivity (Wildman–Crippen MR) is 99.7 cm³/mol. The van der Waals surface area contributed by atoms with E-state index in [9.17, 15) is 4.79 Å². The van der Waals surface area contributed by atoms with Gasteiger partial charge in [0.2, 0.25) is 5.95 Å². The molecule has 1 fully saturated rings. The first kappa shape index (κ1) is 15.7. The van der Waals surface area contributed by atoms with Gasteiger partial charge in [0.25, 0.3) is 5.91 Å². The Kier molecular flexibility index (Phi) is 4.37. The number of H-pyrrole nitrogens is 1. The molecule has 0 aliphatic carbocycles. The third kappa shape index (κ3) is 3.50. The van der Waals surface area contributed by atoms with Gasteiger partial charge in [0.05, 0.1) is 11.0 Å². The molecule has 1 aliphatic rings. The molecular formula is C20H22N4O. The number of hydrogen-bond donors (Lipinski definition) is 2. The first-order valence-electron chi connectivity index (χ1n) is 8.82. The lowest BCUT2D eigenvalue weighted by Crippen LogP contribution is -2.39. The molecule has 4 rings (SSSR count). The molecule has 1 aromatic heterocycles. The second-order valence-corrected chi connectivity index (χ2v) is 6.59. The zero-order chi connectivity index (χ0) is 17.1. The number of nitrogens with one attached hydrogen (secondary N) is 2. The number of aromatic nitrogens is 2. The summed E-state index contributed by atoms with van der Waals surface area (Å²) in [7, 11) is 0. The number of aromatic amines is 1. The third-order valence-corrected chi connectivity index (χ3v) is 4.87. The van der Waals surface area contributed by atoms with Crippen molar-refractivity contribution in [1.29, 1.82) is 0 Å². The number of fused-ring (bicyclic) bond motifs is 1. The highest BCUT2D eigenvalue weighted by Crippen LogP contribution is 2.20. The molecule has 5 nitrogen and oxygen atoms in total. The molecule has 1 aliphatic heterocycles. The van der Waals surface area contributed by atoms with E-state index in [4.69, 9.17) is 0 Å². The van der Waals surface area contributed by atoms with Crippen LogP contribution in [0.5, 0.6) is 0 Å². The number of benzene rings is 2. The topological polar surface area (TPSA) is 61.0 Å². The minimum Gasteiger partial charge on any atom is -0.356 e. The van der Waals surface area contributed by atoms with Gasteiger partial charge >= 0.3 is 0 Å². The first-order valence-corrected chi connectivity index (χ1v) is 8.82. The molecule has 25 heavy (non-hydrogen) atoms. The Morgan fingerprint density at radius 1 is 1.08 bits per heavy atom. The quantitative estimate of drug-likeness (QED) is 0.767. The van der Waals surface area contributed by atoms with Crippen LogP contribution in [-0.2, 0) is 0 Å². The van der Waals surface area contributed by atoms with Crippen LogP contribution in [0.15, 0.2) is 54.6 Å². The Morgan fingerprint density at radius 3 is 2.56 bits per heavy atom. The molecule has 3 aromatic rings. The Labute approximate surface area is 147 Å². The number of para-hydroxylation sites is 2. The van der Waals surface area contributed by atoms with Crippen molar-refractivity contribution in [1.82, 2.24) is 14.9 Å². The highest BCUT2D eigenvalue weighted by atomic mass is 16.2. The van der Waals surface area contributed by atoms with Gasteiger partial charge in [-0.2, -0.15) is 0 Å². The Hall–Kier alpha value is -2.82. The fourth-order valence-corrected chi connectivity index (χ4v) is 3.38. The molecular weight excluding hydrogens is 312 g/mol. The molecule has 2 N–H and O–H groups in total. The molecule has 0 atom stereocenters. The van der Waals surface area contributed by atoms with Gasteiger partial charge in [0.1, 0.15) is 0 Å². The van der Waals surface area contributed by atoms with Crippen molar-refractivity contribution in [3.63, 3.8) is 0 Å². The second kappa shape index (κ2) is 6.97. The minimum absolute atomic E-state index is 0.143. The summed E-state index contributed by atoms with van der Waals surface area (Å²) in [6.45, 7) is 2.52. The molecule has 5 heteroatoms. The number of anilines is 1. The highest BCUT2D eigenvalue weighted by molar-refractivity contribution is 5.94. The number of piperidine rings is 1. The normalized spacial score (nSPS) is 15.4. The summed E-state index contributed by atoms with van der Waals surface area (Å²) in [6, 6.07) is 17.6. The standard InChI is InChI=1S/C20H22N4O/c25-19(16-6-2-1-3-7-16)24-12-10-15(11-13-24)14-21-20-22-17-8-4-5-9-18(17)23-20/h1-9,15H,10-14H2,(H2,21,22,23). The number of carbonyl (C=O) groups excluding carboxylic acids is 1. The molecule has 0 saturated carbocycles. The lowest BCUT2D eigenvalue weighted by Gasteiger charge is -2.32. The zero-order valence-corrected chi connectivity index (χ0v) is 14.1. The zero-order valence-electron chi connectivity index (χ0n) is 14.1. The van der Waals surface area contributed by atoms with E-state index in [-0.39, 0.29) is 5.91 Å². The second-order valence-electron chi connectivity index (χ2n) is 6.59. The van der Waals surface area contributed by atoms with Crippen molar-refractivity contribution in [2.75, 3.05) is 25.0 Å². The Bertz CT molecular complexity index is 817. The van der Waals surface area contributed by atoms with Gasteiger partial charge in [-0.3, -0.25) is 4.79 Å². The molecule has 0 radical (unpaired) electrons. The number of amides is 1. The molecule has 2 aromatic carbocycles. The number of nitrogens with zero attached hydrogens (tertiary/aromatic N) is 2. The molecule has 0 bridgehead atoms. The smallest absolute Gasteiger partial charge is 0.253 e. The van der Waals surface area contributed by atoms with Crippen LogP contribution in [0.4, 0.5) is 5.95 Å². The van der Waals surface area contributed by atoms with E-state index in [0.717, 1.165) is 55.0 Å². The predicted octanol–water partition coefficient (Wildman–Crippen LogP) is 3.53. The SMILES string of the molecule is O=C(c1ccccc1)N1CCC(CNc2nc3ccccc3[nH]2)CC1. The van der Waals surface area contributed by atoms with Gasteiger partial charge in [-0.15, -0.1) is 0 Å². The Morgan fingerprint density at radius 2 is 1.80 bits per heavy atom. The lowest BCUT2D eigenvalue weighted by molar-refractivity contribution is 0.0695. The Balaban J connectivity index is 1.29. The molecule has 1 saturated heterocycles. The van der Waals surface area contributed by atoms with Crippen LogP contribution in [0.1, 0.15) is 23.2 Å². The summed E-state index contributed by atoms with van der Waals surface area (Å²) in [6.07, 6.45) is 2.04. The van der Waals surface area contributed by atoms with E-state index >= 15 is 0 Å². The molecule has 2 heterocycles. The lowest BCUT2D eigenvalue weighted by atomic mass is 9.96. The maximum absolute atomic E-state index is 12.5. The number of carbonyl (C=O) groups is 1. The van der Waals surface area contributed by atoms with Crippen LogP contribution in [0.25, 0.3) is 11.0 Å². The van der Waals surface area contributed by atoms with E-state index in [2.05, 4.69) is 15.3 Å². The fourth-order valence-electron chi connectivity index (χ4n) is 3.38. The fraction of sp³-hybridized carbons (Fsp3) is 0.300. The average Bonchev–Trinajstić information content (AvgIpc) is 3.10. The van der Waals surface area contributed by atoms with Crippen molar-refractivity contribution in [3.8, 4) is 0 Å². The maximum atomic E-state index is 12.5. The highest BCUT2D eigenvalue weighted by Gasteiger charge is 2.23. The van der Waals surface area contributed by atoms with Crippen LogP contribution >= 0.6 is 0 Å². The number of hydrogen-bond acceptors (Lipinski definition) is 3. The van der Waals surface area contributed by atoms with Crippen molar-refractivity contribution in [2.24, 2.45) is 5.92 Å². The third-order valence-electron chi connectivity index (χ3n) is 4.87. The number of rotatable bonds is 4. The van der Waals surface area contributed by atoms with E-state index in [1.165, 1.54) is 0 Å². The molecule has 128 valence electrons. The maximum Gasteiger partial charge on any atom is 0.253 e. The number of imidazole rings is 1. The van der Waals surface area contributed by atoms with Gasteiger partial charge in [-0.1, -0.05) is 30.3 Å². The summed E-state index contributed by atoms with van der Waals surface area (Å²) in [5.74, 6) is 1.53. The average molecular weight is 334 g/mol. The van der Waals surface area contributed by atoms with Crippen LogP contribution in [0.3, 0.4) is 0 Å². The van der Waals surface area contributed by atoms with Gasteiger partial charge in [0, 0.05) is 25.2 Å². The van der Waals surface area contributed by atoms with E-state index in [1.54, 1.807) is 0 Å². The van der Waals surface area contributed by atoms with E-state index in [1.807, 2.05) is 59.5 Å². The summed E-state index contributed by atoms with van der Waals surface area (Å²) in [5, 5.41) is 3.41. The molecule has 1 amide bonds. The number of likely N-dealkylation sites (tertiary alicyclic amines) is 1. The van der Waals surface area contributed by atoms with Crippen molar-refractivity contribution in [3.05, 3.63) is 60.2 Å². The van der Waals surface area contributed by atoms with Crippen molar-refractivity contribution in [2.45, 2.75) is 12.8 Å². The summed E-state index contributed by atoms with van der Waals surface area (Å²) < 4.78 is 0. The van der Waals surface area contributed by atoms with Crippen molar-refractivity contribution >= 4 is 22.9 Å². The summed E-state index contributed by atoms with van der Waals surface area (Å²) >= 11 is 0. The summed E-state index contributed by atoms with van der Waals surface area (Å²) in [5.41, 5.74) is 2.81. The largest absolute Gasteiger partial charge is 0.356 e. The van der Waals surface area contributed by atoms with E-state index < -0.39 is 0 Å². The molecule has 0 spiro atoms. The monoisotopic (exact) mass is 334 g/mol. The summed E-state index contributed by atoms with van der Waals surface area (Å²) in [4.78, 5) is 22.3. The van der Waals surface area contributed by atoms with Crippen LogP contribution < -0.4 is 5.32 Å².